The van der Waals surface area contributed by atoms with Gasteiger partial charge in [0.15, 0.2) is 5.16 Å². The van der Waals surface area contributed by atoms with Crippen molar-refractivity contribution >= 4 is 46.6 Å². The number of thioether (sulfide) groups is 1. The van der Waals surface area contributed by atoms with E-state index in [4.69, 9.17) is 23.2 Å². The summed E-state index contributed by atoms with van der Waals surface area (Å²) in [5.74, 6) is -0.170. The van der Waals surface area contributed by atoms with Crippen LogP contribution in [0.5, 0.6) is 0 Å². The summed E-state index contributed by atoms with van der Waals surface area (Å²) in [6.45, 7) is 1.92. The molecule has 2 N–H and O–H groups in total. The monoisotopic (exact) mass is 411 g/mol. The van der Waals surface area contributed by atoms with Crippen LogP contribution in [0.3, 0.4) is 0 Å². The third-order valence-corrected chi connectivity index (χ3v) is 6.26. The summed E-state index contributed by atoms with van der Waals surface area (Å²) < 4.78 is 0. The van der Waals surface area contributed by atoms with Gasteiger partial charge in [-0.15, -0.1) is 0 Å². The normalized spacial score (nSPS) is 14.6. The molecule has 0 fully saturated rings. The van der Waals surface area contributed by atoms with E-state index in [9.17, 15) is 9.59 Å². The first-order valence-electron chi connectivity index (χ1n) is 8.52. The molecule has 26 heavy (non-hydrogen) atoms. The Hall–Kier alpha value is -1.50. The molecule has 0 saturated heterocycles. The summed E-state index contributed by atoms with van der Waals surface area (Å²) in [6, 6.07) is 4.94. The van der Waals surface area contributed by atoms with E-state index >= 15 is 0 Å². The maximum atomic E-state index is 12.6. The number of halogens is 2. The quantitative estimate of drug-likeness (QED) is 0.562. The first-order chi connectivity index (χ1) is 12.5. The van der Waals surface area contributed by atoms with Crippen LogP contribution >= 0.6 is 35.0 Å². The predicted molar refractivity (Wildman–Crippen MR) is 107 cm³/mol. The van der Waals surface area contributed by atoms with Crippen LogP contribution in [-0.4, -0.2) is 21.1 Å². The molecule has 0 spiro atoms. The molecule has 0 radical (unpaired) electrons. The summed E-state index contributed by atoms with van der Waals surface area (Å²) in [7, 11) is 0. The number of rotatable bonds is 5. The molecule has 1 aliphatic rings. The van der Waals surface area contributed by atoms with Gasteiger partial charge in [-0.25, -0.2) is 4.98 Å². The zero-order chi connectivity index (χ0) is 18.7. The molecule has 8 heteroatoms. The van der Waals surface area contributed by atoms with E-state index in [0.717, 1.165) is 36.9 Å². The fraction of sp³-hybridized carbons (Fsp3) is 0.389. The number of H-pyrrole nitrogens is 1. The molecule has 1 heterocycles. The van der Waals surface area contributed by atoms with Gasteiger partial charge in [0.25, 0.3) is 5.56 Å². The minimum Gasteiger partial charge on any atom is -0.325 e. The van der Waals surface area contributed by atoms with E-state index in [0.29, 0.717) is 27.3 Å². The lowest BCUT2D eigenvalue weighted by Gasteiger charge is -2.17. The van der Waals surface area contributed by atoms with Crippen molar-refractivity contribution in [2.45, 2.75) is 49.4 Å². The Bertz CT molecular complexity index is 885. The van der Waals surface area contributed by atoms with Crippen LogP contribution in [0.4, 0.5) is 5.69 Å². The maximum Gasteiger partial charge on any atom is 0.254 e. The van der Waals surface area contributed by atoms with E-state index in [1.807, 2.05) is 6.92 Å². The number of aromatic amines is 1. The van der Waals surface area contributed by atoms with Gasteiger partial charge in [0.2, 0.25) is 5.91 Å². The Labute approximate surface area is 165 Å². The van der Waals surface area contributed by atoms with Crippen LogP contribution in [0, 0.1) is 0 Å². The second kappa shape index (κ2) is 8.46. The van der Waals surface area contributed by atoms with Crippen LogP contribution in [0.15, 0.2) is 28.2 Å². The molecular formula is C18H19Cl2N3O2S. The first kappa shape index (κ1) is 19.3. The van der Waals surface area contributed by atoms with Gasteiger partial charge in [0.1, 0.15) is 0 Å². The lowest BCUT2D eigenvalue weighted by molar-refractivity contribution is -0.115. The standard InChI is InChI=1S/C18H19Cl2N3O2S/c1-2-15(17(25)21-10-7-8-12(19)13(20)9-10)26-18-22-14-6-4-3-5-11(14)16(24)23-18/h7-9,15H,2-6H2,1H3,(H,21,25)(H,22,23,24). The minimum atomic E-state index is -0.380. The molecule has 3 rings (SSSR count). The molecule has 5 nitrogen and oxygen atoms in total. The SMILES string of the molecule is CCC(Sc1nc2c(c(=O)[nH]1)CCCC2)C(=O)Nc1ccc(Cl)c(Cl)c1. The summed E-state index contributed by atoms with van der Waals surface area (Å²) in [4.78, 5) is 32.2. The molecule has 2 aromatic rings. The van der Waals surface area contributed by atoms with E-state index in [1.165, 1.54) is 11.8 Å². The van der Waals surface area contributed by atoms with Crippen LogP contribution in [0.2, 0.25) is 10.0 Å². The molecule has 1 aliphatic carbocycles. The van der Waals surface area contributed by atoms with Gasteiger partial charge in [-0.1, -0.05) is 41.9 Å². The molecule has 138 valence electrons. The Morgan fingerprint density at radius 1 is 1.31 bits per heavy atom. The Kier molecular flexibility index (Phi) is 6.27. The van der Waals surface area contributed by atoms with E-state index < -0.39 is 0 Å². The Morgan fingerprint density at radius 2 is 2.08 bits per heavy atom. The van der Waals surface area contributed by atoms with Crippen molar-refractivity contribution in [3.63, 3.8) is 0 Å². The van der Waals surface area contributed by atoms with Gasteiger partial charge >= 0.3 is 0 Å². The Balaban J connectivity index is 1.74. The minimum absolute atomic E-state index is 0.0862. The van der Waals surface area contributed by atoms with Crippen molar-refractivity contribution in [2.75, 3.05) is 5.32 Å². The van der Waals surface area contributed by atoms with Crippen molar-refractivity contribution in [1.29, 1.82) is 0 Å². The molecule has 1 unspecified atom stereocenters. The summed E-state index contributed by atoms with van der Waals surface area (Å²) in [6.07, 6.45) is 4.26. The summed E-state index contributed by atoms with van der Waals surface area (Å²) in [5, 5.41) is 3.76. The number of benzene rings is 1. The fourth-order valence-corrected chi connectivity index (χ4v) is 4.10. The van der Waals surface area contributed by atoms with Gasteiger partial charge in [-0.3, -0.25) is 9.59 Å². The van der Waals surface area contributed by atoms with Gasteiger partial charge in [-0.2, -0.15) is 0 Å². The molecule has 1 atom stereocenters. The number of carbonyl (C=O) groups is 1. The summed E-state index contributed by atoms with van der Waals surface area (Å²) >= 11 is 13.2. The third-order valence-electron chi connectivity index (χ3n) is 4.27. The number of amides is 1. The lowest BCUT2D eigenvalue weighted by Crippen LogP contribution is -2.26. The number of anilines is 1. The average Bonchev–Trinajstić information content (AvgIpc) is 2.62. The molecule has 1 aromatic heterocycles. The average molecular weight is 412 g/mol. The van der Waals surface area contributed by atoms with Gasteiger partial charge in [0.05, 0.1) is 21.0 Å². The molecule has 0 bridgehead atoms. The first-order valence-corrected chi connectivity index (χ1v) is 10.2. The van der Waals surface area contributed by atoms with Gasteiger partial charge in [-0.05, 0) is 50.3 Å². The van der Waals surface area contributed by atoms with Gasteiger partial charge < -0.3 is 10.3 Å². The molecular weight excluding hydrogens is 393 g/mol. The smallest absolute Gasteiger partial charge is 0.254 e. The second-order valence-electron chi connectivity index (χ2n) is 6.14. The third kappa shape index (κ3) is 4.42. The van der Waals surface area contributed by atoms with Crippen LogP contribution in [0.1, 0.15) is 37.4 Å². The predicted octanol–water partition coefficient (Wildman–Crippen LogP) is 4.46. The zero-order valence-electron chi connectivity index (χ0n) is 14.3. The number of aryl methyl sites for hydroxylation is 1. The largest absolute Gasteiger partial charge is 0.325 e. The molecule has 0 aliphatic heterocycles. The van der Waals surface area contributed by atoms with E-state index in [1.54, 1.807) is 18.2 Å². The molecule has 1 amide bonds. The van der Waals surface area contributed by atoms with E-state index in [2.05, 4.69) is 15.3 Å². The van der Waals surface area contributed by atoms with Crippen LogP contribution in [0.25, 0.3) is 0 Å². The highest BCUT2D eigenvalue weighted by Gasteiger charge is 2.22. The number of hydrogen-bond donors (Lipinski definition) is 2. The van der Waals surface area contributed by atoms with Gasteiger partial charge in [0, 0.05) is 11.3 Å². The number of carbonyl (C=O) groups excluding carboxylic acids is 1. The highest BCUT2D eigenvalue weighted by atomic mass is 35.5. The van der Waals surface area contributed by atoms with Crippen molar-refractivity contribution < 1.29 is 4.79 Å². The topological polar surface area (TPSA) is 74.8 Å². The second-order valence-corrected chi connectivity index (χ2v) is 8.14. The number of fused-ring (bicyclic) bond motifs is 1. The molecule has 1 aromatic carbocycles. The van der Waals surface area contributed by atoms with Crippen molar-refractivity contribution in [1.82, 2.24) is 9.97 Å². The van der Waals surface area contributed by atoms with E-state index in [-0.39, 0.29) is 16.7 Å². The zero-order valence-corrected chi connectivity index (χ0v) is 16.6. The number of nitrogens with one attached hydrogen (secondary N) is 2. The Morgan fingerprint density at radius 3 is 2.81 bits per heavy atom. The maximum absolute atomic E-state index is 12.6. The van der Waals surface area contributed by atoms with Crippen molar-refractivity contribution in [3.8, 4) is 0 Å². The number of nitrogens with zero attached hydrogens (tertiary/aromatic N) is 1. The molecule has 0 saturated carbocycles. The van der Waals surface area contributed by atoms with Crippen LogP contribution < -0.4 is 10.9 Å². The van der Waals surface area contributed by atoms with Crippen molar-refractivity contribution in [3.05, 3.63) is 49.9 Å². The lowest BCUT2D eigenvalue weighted by atomic mass is 9.97. The number of hydrogen-bond acceptors (Lipinski definition) is 4. The summed E-state index contributed by atoms with van der Waals surface area (Å²) in [5.41, 5.74) is 2.14. The number of aromatic nitrogens is 2. The highest BCUT2D eigenvalue weighted by Crippen LogP contribution is 2.28. The fourth-order valence-electron chi connectivity index (χ4n) is 2.89. The highest BCUT2D eigenvalue weighted by molar-refractivity contribution is 8.00. The van der Waals surface area contributed by atoms with Crippen molar-refractivity contribution in [2.24, 2.45) is 0 Å². The van der Waals surface area contributed by atoms with Crippen LogP contribution in [-0.2, 0) is 17.6 Å².